The fraction of sp³-hybridized carbons (Fsp3) is 0.794. The zero-order valence-electron chi connectivity index (χ0n) is 48.6. The van der Waals surface area contributed by atoms with Crippen LogP contribution in [-0.4, -0.2) is 84.2 Å². The lowest BCUT2D eigenvalue weighted by molar-refractivity contribution is -0.252. The molecule has 2 aromatic rings. The highest BCUT2D eigenvalue weighted by Crippen LogP contribution is 2.62. The molecule has 7 unspecified atom stereocenters. The molecule has 0 aromatic heterocycles. The molecule has 7 atom stereocenters. The van der Waals surface area contributed by atoms with Crippen LogP contribution in [0.1, 0.15) is 249 Å². The van der Waals surface area contributed by atoms with Crippen LogP contribution < -0.4 is 9.47 Å². The summed E-state index contributed by atoms with van der Waals surface area (Å²) in [5.41, 5.74) is 1.33. The van der Waals surface area contributed by atoms with E-state index in [0.717, 1.165) is 125 Å². The molecule has 9 fully saturated rings. The Labute approximate surface area is 485 Å². The third-order valence-corrected chi connectivity index (χ3v) is 18.2. The van der Waals surface area contributed by atoms with Crippen LogP contribution in [0.5, 0.6) is 11.5 Å². The molecular weight excluding hydrogens is 1010 g/mol. The van der Waals surface area contributed by atoms with Gasteiger partial charge in [-0.05, 0) is 199 Å². The summed E-state index contributed by atoms with van der Waals surface area (Å²) in [6, 6.07) is 12.5. The average Bonchev–Trinajstić information content (AvgIpc) is 3.35. The molecule has 11 nitrogen and oxygen atoms in total. The number of hydrogen-bond acceptors (Lipinski definition) is 11. The first kappa shape index (κ1) is 69.2. The van der Waals surface area contributed by atoms with Gasteiger partial charge >= 0.3 is 11.9 Å². The van der Waals surface area contributed by atoms with Crippen molar-refractivity contribution in [1.29, 1.82) is 0 Å². The second kappa shape index (κ2) is 29.5. The second-order valence-electron chi connectivity index (χ2n) is 25.8. The number of alkyl halides is 1. The Morgan fingerprint density at radius 2 is 1.14 bits per heavy atom. The van der Waals surface area contributed by atoms with E-state index in [9.17, 15) is 14.0 Å². The van der Waals surface area contributed by atoms with E-state index in [4.69, 9.17) is 42.6 Å². The van der Waals surface area contributed by atoms with Crippen LogP contribution >= 0.6 is 0 Å². The van der Waals surface area contributed by atoms with Gasteiger partial charge in [-0.25, -0.2) is 9.18 Å². The maximum atomic E-state index is 14.9. The van der Waals surface area contributed by atoms with Gasteiger partial charge in [-0.15, -0.1) is 0 Å². The van der Waals surface area contributed by atoms with Gasteiger partial charge in [-0.2, -0.15) is 0 Å². The van der Waals surface area contributed by atoms with E-state index in [-0.39, 0.29) is 95.3 Å². The van der Waals surface area contributed by atoms with E-state index in [1.165, 1.54) is 25.3 Å². The monoisotopic (exact) mass is 1120 g/mol. The highest BCUT2D eigenvalue weighted by Gasteiger charge is 2.62. The molecule has 11 rings (SSSR count). The Morgan fingerprint density at radius 3 is 1.64 bits per heavy atom. The zero-order chi connectivity index (χ0) is 54.5. The zero-order valence-corrected chi connectivity index (χ0v) is 48.6. The standard InChI is InChI=1S/C36H55FO6.C28H42O5.4CH4/c1-8-34(7,37)33(38)43-36-18-26-15-27(19-36)17-35(16-26,22-36)42-31-11-9-30(10-12-31)41-32-28(20-39-23(2)3)13-25(6)14-29(32)21-40-24(4)5;1-5-20(3)26(29)33-28-17-22-14-23(18-28)16-27(15-22,19-28)32-13-7-12-31-25-10-8-24(9-11-25)21(4)30-6-2;;;;/h13-14,23-24,26-27,30-31H,8-12,15-22H2,1-7H3;8-11,20-23H,5-7,12-19H2,1-4H3;4*1H4. The number of rotatable bonds is 25. The lowest BCUT2D eigenvalue weighted by Crippen LogP contribution is -2.62. The van der Waals surface area contributed by atoms with E-state index in [0.29, 0.717) is 63.1 Å². The molecule has 80 heavy (non-hydrogen) atoms. The number of ether oxygens (including phenoxy) is 9. The molecule has 0 heterocycles. The van der Waals surface area contributed by atoms with Crippen LogP contribution in [-0.2, 0) is 56.0 Å². The molecule has 8 bridgehead atoms. The van der Waals surface area contributed by atoms with Crippen molar-refractivity contribution in [3.63, 3.8) is 0 Å². The first-order valence-electron chi connectivity index (χ1n) is 30.0. The number of aryl methyl sites for hydroxylation is 1. The SMILES string of the molecule is C.C.C.C.CCC(C)(F)C(=O)OC12CC3CC(C1)CC(OC1CCC(Oc4c(COC(C)C)cc(C)cc4COC(C)C)CC1)(C3)C2.CCOC(C)c1ccc(OCCCOC23CC4CC(C2)CC(OC(=O)C(C)CC)(C4)C3)cc1. The average molecular weight is 1130 g/mol. The lowest BCUT2D eigenvalue weighted by Gasteiger charge is -2.61. The quantitative estimate of drug-likeness (QED) is 0.0699. The molecule has 12 heteroatoms. The third kappa shape index (κ3) is 17.4. The minimum Gasteiger partial charge on any atom is -0.494 e. The fourth-order valence-electron chi connectivity index (χ4n) is 15.0. The molecule has 9 aliphatic rings. The Morgan fingerprint density at radius 1 is 0.650 bits per heavy atom. The molecule has 0 saturated heterocycles. The second-order valence-corrected chi connectivity index (χ2v) is 25.8. The van der Waals surface area contributed by atoms with Gasteiger partial charge in [-0.1, -0.05) is 80.3 Å². The molecule has 0 spiro atoms. The molecule has 0 radical (unpaired) electrons. The Bertz CT molecular complexity index is 2150. The Balaban J connectivity index is 0.000000338. The van der Waals surface area contributed by atoms with E-state index in [2.05, 4.69) is 65.8 Å². The summed E-state index contributed by atoms with van der Waals surface area (Å²) in [5, 5.41) is 0. The first-order chi connectivity index (χ1) is 36.1. The van der Waals surface area contributed by atoms with E-state index in [1.807, 2.05) is 32.9 Å². The van der Waals surface area contributed by atoms with E-state index >= 15 is 0 Å². The fourth-order valence-corrected chi connectivity index (χ4v) is 15.0. The van der Waals surface area contributed by atoms with Crippen molar-refractivity contribution in [2.24, 2.45) is 29.6 Å². The van der Waals surface area contributed by atoms with Crippen molar-refractivity contribution in [1.82, 2.24) is 0 Å². The van der Waals surface area contributed by atoms with Crippen molar-refractivity contribution in [2.45, 2.75) is 300 Å². The molecule has 0 amide bonds. The molecule has 0 N–H and O–H groups in total. The van der Waals surface area contributed by atoms with Gasteiger partial charge in [0.1, 0.15) is 22.7 Å². The summed E-state index contributed by atoms with van der Waals surface area (Å²) in [5.74, 6) is 3.28. The summed E-state index contributed by atoms with van der Waals surface area (Å²) >= 11 is 0. The smallest absolute Gasteiger partial charge is 0.344 e. The molecule has 2 aromatic carbocycles. The maximum Gasteiger partial charge on any atom is 0.344 e. The van der Waals surface area contributed by atoms with Gasteiger partial charge in [0.05, 0.1) is 74.1 Å². The van der Waals surface area contributed by atoms with Gasteiger partial charge < -0.3 is 42.6 Å². The summed E-state index contributed by atoms with van der Waals surface area (Å²) in [4.78, 5) is 25.4. The maximum absolute atomic E-state index is 14.9. The van der Waals surface area contributed by atoms with Gasteiger partial charge in [0.15, 0.2) is 0 Å². The van der Waals surface area contributed by atoms with Gasteiger partial charge in [0.25, 0.3) is 0 Å². The van der Waals surface area contributed by atoms with Crippen LogP contribution in [0.25, 0.3) is 0 Å². The van der Waals surface area contributed by atoms with Crippen molar-refractivity contribution in [2.75, 3.05) is 19.8 Å². The number of carbonyl (C=O) groups is 2. The minimum atomic E-state index is -1.94. The van der Waals surface area contributed by atoms with Gasteiger partial charge in [-0.3, -0.25) is 4.79 Å². The summed E-state index contributed by atoms with van der Waals surface area (Å²) in [6.07, 6.45) is 18.3. The normalized spacial score (nSPS) is 31.0. The van der Waals surface area contributed by atoms with Gasteiger partial charge in [0.2, 0.25) is 5.67 Å². The predicted octanol–water partition coefficient (Wildman–Crippen LogP) is 17.1. The van der Waals surface area contributed by atoms with Crippen LogP contribution in [0.4, 0.5) is 4.39 Å². The topological polar surface area (TPSA) is 117 Å². The van der Waals surface area contributed by atoms with Crippen LogP contribution in [0.15, 0.2) is 36.4 Å². The van der Waals surface area contributed by atoms with Crippen molar-refractivity contribution < 1.29 is 56.6 Å². The number of hydrogen-bond donors (Lipinski definition) is 0. The number of halogens is 1. The number of esters is 2. The first-order valence-corrected chi connectivity index (χ1v) is 30.0. The van der Waals surface area contributed by atoms with E-state index in [1.54, 1.807) is 6.92 Å². The number of carbonyl (C=O) groups excluding carboxylic acids is 2. The van der Waals surface area contributed by atoms with Gasteiger partial charge in [0, 0.05) is 37.0 Å². The summed E-state index contributed by atoms with van der Waals surface area (Å²) in [6.45, 7) is 24.5. The highest BCUT2D eigenvalue weighted by molar-refractivity contribution is 5.79. The van der Waals surface area contributed by atoms with Crippen LogP contribution in [0, 0.1) is 36.5 Å². The molecular formula is C68H113FO11. The Hall–Kier alpha value is -3.29. The van der Waals surface area contributed by atoms with Crippen LogP contribution in [0.2, 0.25) is 0 Å². The molecule has 9 aliphatic carbocycles. The highest BCUT2D eigenvalue weighted by atomic mass is 19.1. The number of benzene rings is 2. The van der Waals surface area contributed by atoms with Crippen molar-refractivity contribution in [3.05, 3.63) is 58.7 Å². The summed E-state index contributed by atoms with van der Waals surface area (Å²) < 4.78 is 71.1. The molecule has 9 saturated carbocycles. The Kier molecular flexibility index (Phi) is 25.5. The van der Waals surface area contributed by atoms with Crippen molar-refractivity contribution in [3.8, 4) is 11.5 Å². The third-order valence-electron chi connectivity index (χ3n) is 18.2. The minimum absolute atomic E-state index is 0. The van der Waals surface area contributed by atoms with E-state index < -0.39 is 17.2 Å². The molecule has 0 aliphatic heterocycles. The van der Waals surface area contributed by atoms with Crippen molar-refractivity contribution >= 4 is 11.9 Å². The predicted molar refractivity (Wildman–Crippen MR) is 320 cm³/mol. The lowest BCUT2D eigenvalue weighted by atomic mass is 9.52. The summed E-state index contributed by atoms with van der Waals surface area (Å²) in [7, 11) is 0. The van der Waals surface area contributed by atoms with Crippen LogP contribution in [0.3, 0.4) is 0 Å². The largest absolute Gasteiger partial charge is 0.494 e. The molecule has 458 valence electrons.